The van der Waals surface area contributed by atoms with E-state index in [1.54, 1.807) is 12.1 Å². The Kier molecular flexibility index (Phi) is 7.40. The number of aliphatic carboxylic acids is 1. The number of carboxylic acid groups (broad SMARTS) is 1. The summed E-state index contributed by atoms with van der Waals surface area (Å²) < 4.78 is 12.2. The Morgan fingerprint density at radius 1 is 1.08 bits per heavy atom. The molecule has 1 saturated heterocycles. The van der Waals surface area contributed by atoms with Crippen LogP contribution in [0.25, 0.3) is 11.1 Å². The van der Waals surface area contributed by atoms with E-state index in [0.717, 1.165) is 65.3 Å². The van der Waals surface area contributed by atoms with Gasteiger partial charge in [0.15, 0.2) is 0 Å². The van der Waals surface area contributed by atoms with E-state index >= 15 is 0 Å². The van der Waals surface area contributed by atoms with Crippen molar-refractivity contribution in [2.24, 2.45) is 16.5 Å². The third-order valence-electron chi connectivity index (χ3n) is 8.50. The molecule has 0 radical (unpaired) electrons. The van der Waals surface area contributed by atoms with Gasteiger partial charge in [-0.15, -0.1) is 0 Å². The number of oxime groups is 1. The fraction of sp³-hybridized carbons (Fsp3) is 0.548. The largest absolute Gasteiger partial charge is 0.508 e. The van der Waals surface area contributed by atoms with Crippen LogP contribution in [0.3, 0.4) is 0 Å². The number of phenolic OH excluding ortho intramolecular Hbond substituents is 1. The molecule has 2 aromatic carbocycles. The highest BCUT2D eigenvalue weighted by molar-refractivity contribution is 5.85. The average molecular weight is 537 g/mol. The third-order valence-corrected chi connectivity index (χ3v) is 8.50. The van der Waals surface area contributed by atoms with E-state index in [1.807, 2.05) is 33.8 Å². The number of carbonyl (C=O) groups is 1. The predicted molar refractivity (Wildman–Crippen MR) is 149 cm³/mol. The number of ether oxygens (including phenoxy) is 2. The van der Waals surface area contributed by atoms with Crippen molar-refractivity contribution in [1.29, 1.82) is 0 Å². The van der Waals surface area contributed by atoms with Crippen LogP contribution in [0.5, 0.6) is 17.2 Å². The molecular formula is C31H40N2O6. The van der Waals surface area contributed by atoms with Gasteiger partial charge in [0.25, 0.3) is 0 Å². The van der Waals surface area contributed by atoms with Crippen molar-refractivity contribution in [3.63, 3.8) is 0 Å². The Morgan fingerprint density at radius 2 is 1.72 bits per heavy atom. The summed E-state index contributed by atoms with van der Waals surface area (Å²) in [5.41, 5.74) is 2.98. The van der Waals surface area contributed by atoms with Crippen molar-refractivity contribution in [3.8, 4) is 28.4 Å². The number of aryl methyl sites for hydroxylation is 1. The van der Waals surface area contributed by atoms with Gasteiger partial charge in [0.1, 0.15) is 28.7 Å². The number of likely N-dealkylation sites (tertiary alicyclic amines) is 1. The van der Waals surface area contributed by atoms with E-state index in [0.29, 0.717) is 45.1 Å². The predicted octanol–water partition coefficient (Wildman–Crippen LogP) is 5.78. The number of amidine groups is 1. The molecule has 0 atom stereocenters. The van der Waals surface area contributed by atoms with Crippen LogP contribution in [-0.2, 0) is 16.1 Å². The van der Waals surface area contributed by atoms with Gasteiger partial charge < -0.3 is 29.4 Å². The summed E-state index contributed by atoms with van der Waals surface area (Å²) in [6, 6.07) is 9.74. The number of rotatable bonds is 8. The van der Waals surface area contributed by atoms with Crippen LogP contribution in [-0.4, -0.2) is 58.8 Å². The number of nitrogens with zero attached hydrogens (tertiary/aromatic N) is 2. The normalized spacial score (nSPS) is 23.6. The second-order valence-corrected chi connectivity index (χ2v) is 11.7. The molecule has 39 heavy (non-hydrogen) atoms. The summed E-state index contributed by atoms with van der Waals surface area (Å²) in [7, 11) is 0. The van der Waals surface area contributed by atoms with Crippen LogP contribution >= 0.6 is 0 Å². The lowest BCUT2D eigenvalue weighted by molar-refractivity contribution is -0.150. The Balaban J connectivity index is 1.26. The summed E-state index contributed by atoms with van der Waals surface area (Å²) >= 11 is 0. The molecule has 5 rings (SSSR count). The lowest BCUT2D eigenvalue weighted by Gasteiger charge is -2.43. The Bertz CT molecular complexity index is 1210. The van der Waals surface area contributed by atoms with Crippen LogP contribution in [0.1, 0.15) is 64.0 Å². The van der Waals surface area contributed by atoms with E-state index < -0.39 is 11.4 Å². The monoisotopic (exact) mass is 536 g/mol. The lowest BCUT2D eigenvalue weighted by atomic mass is 9.67. The molecule has 2 N–H and O–H groups in total. The molecule has 8 nitrogen and oxygen atoms in total. The fourth-order valence-corrected chi connectivity index (χ4v) is 6.33. The van der Waals surface area contributed by atoms with Gasteiger partial charge in [-0.25, -0.2) is 0 Å². The zero-order valence-corrected chi connectivity index (χ0v) is 23.5. The number of phenols is 1. The SMILES string of the molecule is CCOc1cc(CC2CC3(CC(N4CCC(C)(C(=O)O)CC4)=NO3)C2)cc(OCC)c1-c1cc(C)cc(O)c1. The number of aromatic hydroxyl groups is 1. The van der Waals surface area contributed by atoms with E-state index in [4.69, 9.17) is 14.3 Å². The molecule has 0 unspecified atom stereocenters. The summed E-state index contributed by atoms with van der Waals surface area (Å²) in [6.07, 6.45) is 4.79. The van der Waals surface area contributed by atoms with Crippen molar-refractivity contribution in [2.75, 3.05) is 26.3 Å². The molecule has 0 aromatic heterocycles. The molecule has 1 spiro atoms. The smallest absolute Gasteiger partial charge is 0.309 e. The first kappa shape index (κ1) is 27.2. The van der Waals surface area contributed by atoms with Crippen molar-refractivity contribution in [3.05, 3.63) is 41.5 Å². The van der Waals surface area contributed by atoms with E-state index in [1.165, 1.54) is 0 Å². The van der Waals surface area contributed by atoms with Crippen molar-refractivity contribution in [1.82, 2.24) is 4.90 Å². The van der Waals surface area contributed by atoms with Gasteiger partial charge in [-0.2, -0.15) is 0 Å². The van der Waals surface area contributed by atoms with Gasteiger partial charge in [-0.3, -0.25) is 4.79 Å². The van der Waals surface area contributed by atoms with E-state index in [9.17, 15) is 15.0 Å². The number of hydrogen-bond acceptors (Lipinski definition) is 7. The van der Waals surface area contributed by atoms with Crippen LogP contribution < -0.4 is 9.47 Å². The van der Waals surface area contributed by atoms with Crippen molar-refractivity contribution >= 4 is 11.8 Å². The minimum atomic E-state index is -0.713. The number of piperidine rings is 1. The van der Waals surface area contributed by atoms with Gasteiger partial charge in [-0.1, -0.05) is 11.2 Å². The molecule has 2 heterocycles. The summed E-state index contributed by atoms with van der Waals surface area (Å²) in [6.45, 7) is 10.2. The molecule has 8 heteroatoms. The van der Waals surface area contributed by atoms with Gasteiger partial charge in [0.2, 0.25) is 0 Å². The van der Waals surface area contributed by atoms with Crippen LogP contribution in [0.4, 0.5) is 0 Å². The summed E-state index contributed by atoms with van der Waals surface area (Å²) in [4.78, 5) is 19.8. The van der Waals surface area contributed by atoms with E-state index in [-0.39, 0.29) is 11.4 Å². The van der Waals surface area contributed by atoms with Crippen LogP contribution in [0, 0.1) is 18.3 Å². The first-order valence-corrected chi connectivity index (χ1v) is 14.1. The maximum Gasteiger partial charge on any atom is 0.309 e. The van der Waals surface area contributed by atoms with Crippen LogP contribution in [0.15, 0.2) is 35.5 Å². The van der Waals surface area contributed by atoms with Crippen molar-refractivity contribution in [2.45, 2.75) is 71.8 Å². The number of benzene rings is 2. The summed E-state index contributed by atoms with van der Waals surface area (Å²) in [5.74, 6) is 2.46. The molecule has 2 aromatic rings. The molecule has 3 aliphatic rings. The molecular weight excluding hydrogens is 496 g/mol. The number of carboxylic acids is 1. The molecule has 0 bridgehead atoms. The highest BCUT2D eigenvalue weighted by Crippen LogP contribution is 2.49. The topological polar surface area (TPSA) is 101 Å². The first-order chi connectivity index (χ1) is 18.6. The molecule has 1 saturated carbocycles. The summed E-state index contributed by atoms with van der Waals surface area (Å²) in [5, 5.41) is 24.2. The third kappa shape index (κ3) is 5.52. The molecule has 0 amide bonds. The molecule has 1 aliphatic carbocycles. The maximum atomic E-state index is 11.6. The van der Waals surface area contributed by atoms with Crippen molar-refractivity contribution < 1.29 is 29.3 Å². The lowest BCUT2D eigenvalue weighted by Crippen LogP contribution is -2.48. The number of hydrogen-bond donors (Lipinski definition) is 2. The highest BCUT2D eigenvalue weighted by atomic mass is 16.7. The Morgan fingerprint density at radius 3 is 2.28 bits per heavy atom. The van der Waals surface area contributed by atoms with E-state index in [2.05, 4.69) is 22.2 Å². The average Bonchev–Trinajstić information content (AvgIpc) is 3.29. The Labute approximate surface area is 230 Å². The quantitative estimate of drug-likeness (QED) is 0.441. The zero-order chi connectivity index (χ0) is 27.8. The highest BCUT2D eigenvalue weighted by Gasteiger charge is 2.52. The van der Waals surface area contributed by atoms with Gasteiger partial charge in [-0.05, 0) is 107 Å². The standard InChI is InChI=1S/C31H40N2O6/c1-5-37-25-14-21(15-26(38-6-2)28(25)23-11-20(3)12-24(34)16-23)13-22-17-31(18-22)19-27(32-39-31)33-9-7-30(4,8-10-33)29(35)36/h11-12,14-16,22,34H,5-10,13,17-19H2,1-4H3,(H,35,36). The zero-order valence-electron chi connectivity index (χ0n) is 23.5. The van der Waals surface area contributed by atoms with Gasteiger partial charge >= 0.3 is 5.97 Å². The van der Waals surface area contributed by atoms with Crippen LogP contribution in [0.2, 0.25) is 0 Å². The second-order valence-electron chi connectivity index (χ2n) is 11.7. The Hall–Kier alpha value is -3.42. The van der Waals surface area contributed by atoms with Gasteiger partial charge in [0, 0.05) is 13.1 Å². The van der Waals surface area contributed by atoms with Gasteiger partial charge in [0.05, 0.1) is 30.6 Å². The fourth-order valence-electron chi connectivity index (χ4n) is 6.33. The minimum absolute atomic E-state index is 0.220. The second kappa shape index (κ2) is 10.6. The maximum absolute atomic E-state index is 11.6. The molecule has 210 valence electrons. The first-order valence-electron chi connectivity index (χ1n) is 14.1. The molecule has 2 aliphatic heterocycles. The molecule has 2 fully saturated rings. The minimum Gasteiger partial charge on any atom is -0.508 e.